The van der Waals surface area contributed by atoms with Crippen molar-refractivity contribution in [2.75, 3.05) is 4.90 Å². The molecule has 2 nitrogen and oxygen atoms in total. The lowest BCUT2D eigenvalue weighted by molar-refractivity contribution is 0.438. The standard InChI is InChI=1S/C60H39NO/c1-4-19-41(20-5-1)59(42-21-6-2-7-22-42)51-28-14-12-26-47(51)49-35-33-44(38-54(49)59)61(43-23-8-3-9-24-43)45-34-36-50-48-27-13-15-29-52(48)60(55(50)39-45)53-30-16-17-31-56(53)62-57-37-32-40-18-10-11-25-46(40)58(57)60/h1-39H. The molecule has 3 aliphatic rings. The van der Waals surface area contributed by atoms with Crippen molar-refractivity contribution in [1.29, 1.82) is 0 Å². The van der Waals surface area contributed by atoms with Gasteiger partial charge in [-0.15, -0.1) is 0 Å². The third kappa shape index (κ3) is 4.64. The van der Waals surface area contributed by atoms with Gasteiger partial charge in [0.2, 0.25) is 0 Å². The summed E-state index contributed by atoms with van der Waals surface area (Å²) in [5.74, 6) is 1.78. The summed E-state index contributed by atoms with van der Waals surface area (Å²) >= 11 is 0. The summed E-state index contributed by atoms with van der Waals surface area (Å²) in [5.41, 5.74) is 17.1. The summed E-state index contributed by atoms with van der Waals surface area (Å²) in [4.78, 5) is 2.45. The molecule has 0 amide bonds. The Kier molecular flexibility index (Phi) is 7.47. The molecule has 13 rings (SSSR count). The van der Waals surface area contributed by atoms with E-state index in [4.69, 9.17) is 4.74 Å². The van der Waals surface area contributed by atoms with E-state index in [-0.39, 0.29) is 0 Å². The van der Waals surface area contributed by atoms with Crippen LogP contribution in [0, 0.1) is 0 Å². The van der Waals surface area contributed by atoms with Crippen molar-refractivity contribution < 1.29 is 4.74 Å². The second kappa shape index (κ2) is 13.3. The minimum atomic E-state index is -0.634. The predicted octanol–water partition coefficient (Wildman–Crippen LogP) is 15.1. The first kappa shape index (κ1) is 34.9. The Labute approximate surface area is 361 Å². The van der Waals surface area contributed by atoms with Gasteiger partial charge in [-0.3, -0.25) is 0 Å². The summed E-state index contributed by atoms with van der Waals surface area (Å²) < 4.78 is 6.87. The molecule has 0 saturated carbocycles. The molecule has 0 fully saturated rings. The second-order valence-electron chi connectivity index (χ2n) is 16.7. The summed E-state index contributed by atoms with van der Waals surface area (Å²) in [5, 5.41) is 2.39. The van der Waals surface area contributed by atoms with Crippen molar-refractivity contribution in [3.63, 3.8) is 0 Å². The molecular formula is C60H39NO. The highest BCUT2D eigenvalue weighted by molar-refractivity contribution is 5.98. The largest absolute Gasteiger partial charge is 0.457 e. The van der Waals surface area contributed by atoms with Crippen LogP contribution in [-0.2, 0) is 10.8 Å². The van der Waals surface area contributed by atoms with Crippen molar-refractivity contribution >= 4 is 27.8 Å². The zero-order valence-electron chi connectivity index (χ0n) is 33.9. The normalized spacial score (nSPS) is 15.7. The van der Waals surface area contributed by atoms with E-state index in [1.807, 2.05) is 0 Å². The average Bonchev–Trinajstić information content (AvgIpc) is 3.80. The Morgan fingerprint density at radius 3 is 1.44 bits per heavy atom. The van der Waals surface area contributed by atoms with Crippen LogP contribution in [0.5, 0.6) is 11.5 Å². The fourth-order valence-corrected chi connectivity index (χ4v) is 11.4. The van der Waals surface area contributed by atoms with Gasteiger partial charge in [0.15, 0.2) is 0 Å². The van der Waals surface area contributed by atoms with E-state index in [1.54, 1.807) is 0 Å². The number of anilines is 3. The number of ether oxygens (including phenoxy) is 1. The van der Waals surface area contributed by atoms with Gasteiger partial charge in [-0.1, -0.05) is 188 Å². The van der Waals surface area contributed by atoms with Crippen molar-refractivity contribution in [3.8, 4) is 33.8 Å². The molecule has 10 aromatic rings. The molecule has 10 aromatic carbocycles. The number of hydrogen-bond acceptors (Lipinski definition) is 2. The van der Waals surface area contributed by atoms with Gasteiger partial charge in [-0.05, 0) is 115 Å². The smallest absolute Gasteiger partial charge is 0.132 e. The quantitative estimate of drug-likeness (QED) is 0.172. The first-order valence-electron chi connectivity index (χ1n) is 21.5. The molecule has 0 N–H and O–H groups in total. The highest BCUT2D eigenvalue weighted by Gasteiger charge is 2.52. The molecule has 1 atom stereocenters. The Morgan fingerprint density at radius 1 is 0.306 bits per heavy atom. The fraction of sp³-hybridized carbons (Fsp3) is 0.0333. The van der Waals surface area contributed by atoms with Crippen molar-refractivity contribution in [2.24, 2.45) is 0 Å². The van der Waals surface area contributed by atoms with Crippen molar-refractivity contribution in [2.45, 2.75) is 10.8 Å². The first-order chi connectivity index (χ1) is 30.8. The number of benzene rings is 10. The SMILES string of the molecule is c1ccc(N(c2ccc3c(c2)C(c2ccccc2)(c2ccccc2)c2ccccc2-3)c2ccc3c(c2)C2(c4ccccc4Oc4ccc5ccccc5c42)c2ccccc2-3)cc1. The average molecular weight is 790 g/mol. The lowest BCUT2D eigenvalue weighted by atomic mass is 9.65. The molecular weight excluding hydrogens is 751 g/mol. The Hall–Kier alpha value is -7.94. The molecule has 1 heterocycles. The molecule has 1 spiro atoms. The van der Waals surface area contributed by atoms with E-state index < -0.39 is 10.8 Å². The molecule has 1 unspecified atom stereocenters. The lowest BCUT2D eigenvalue weighted by Gasteiger charge is -2.40. The molecule has 2 aliphatic carbocycles. The first-order valence-corrected chi connectivity index (χ1v) is 21.5. The maximum absolute atomic E-state index is 6.87. The summed E-state index contributed by atoms with van der Waals surface area (Å²) in [6, 6.07) is 87.1. The van der Waals surface area contributed by atoms with E-state index in [0.717, 1.165) is 34.1 Å². The van der Waals surface area contributed by atoms with Crippen LogP contribution in [-0.4, -0.2) is 0 Å². The number of nitrogens with zero attached hydrogens (tertiary/aromatic N) is 1. The zero-order valence-corrected chi connectivity index (χ0v) is 33.9. The Bertz CT molecular complexity index is 3350. The molecule has 2 heteroatoms. The summed E-state index contributed by atoms with van der Waals surface area (Å²) in [6.07, 6.45) is 0. The molecule has 0 aromatic heterocycles. The van der Waals surface area contributed by atoms with Gasteiger partial charge in [0.1, 0.15) is 11.5 Å². The van der Waals surface area contributed by atoms with Crippen molar-refractivity contribution in [1.82, 2.24) is 0 Å². The molecule has 1 aliphatic heterocycles. The van der Waals surface area contributed by atoms with Crippen LogP contribution in [0.1, 0.15) is 44.5 Å². The number of rotatable bonds is 5. The lowest BCUT2D eigenvalue weighted by Crippen LogP contribution is -2.32. The van der Waals surface area contributed by atoms with Gasteiger partial charge >= 0.3 is 0 Å². The predicted molar refractivity (Wildman–Crippen MR) is 253 cm³/mol. The van der Waals surface area contributed by atoms with Gasteiger partial charge in [0.05, 0.1) is 10.8 Å². The number of fused-ring (bicyclic) bond motifs is 14. The third-order valence-corrected chi connectivity index (χ3v) is 13.8. The van der Waals surface area contributed by atoms with Gasteiger partial charge in [0, 0.05) is 28.2 Å². The molecule has 0 radical (unpaired) electrons. The maximum atomic E-state index is 6.87. The van der Waals surface area contributed by atoms with Crippen LogP contribution in [0.3, 0.4) is 0 Å². The van der Waals surface area contributed by atoms with Crippen molar-refractivity contribution in [3.05, 3.63) is 281 Å². The zero-order chi connectivity index (χ0) is 40.8. The van der Waals surface area contributed by atoms with E-state index in [1.165, 1.54) is 72.0 Å². The highest BCUT2D eigenvalue weighted by atomic mass is 16.5. The fourth-order valence-electron chi connectivity index (χ4n) is 11.4. The minimum absolute atomic E-state index is 0.521. The Morgan fingerprint density at radius 2 is 0.790 bits per heavy atom. The third-order valence-electron chi connectivity index (χ3n) is 13.8. The molecule has 0 saturated heterocycles. The van der Waals surface area contributed by atoms with Crippen LogP contribution in [0.15, 0.2) is 237 Å². The van der Waals surface area contributed by atoms with Crippen LogP contribution in [0.4, 0.5) is 17.1 Å². The van der Waals surface area contributed by atoms with Crippen LogP contribution < -0.4 is 9.64 Å². The molecule has 0 bridgehead atoms. The Balaban J connectivity index is 1.10. The van der Waals surface area contributed by atoms with Gasteiger partial charge in [0.25, 0.3) is 0 Å². The number of hydrogen-bond donors (Lipinski definition) is 0. The van der Waals surface area contributed by atoms with E-state index in [0.29, 0.717) is 0 Å². The molecule has 290 valence electrons. The van der Waals surface area contributed by atoms with E-state index in [2.05, 4.69) is 241 Å². The summed E-state index contributed by atoms with van der Waals surface area (Å²) in [6.45, 7) is 0. The summed E-state index contributed by atoms with van der Waals surface area (Å²) in [7, 11) is 0. The van der Waals surface area contributed by atoms with Gasteiger partial charge in [-0.2, -0.15) is 0 Å². The van der Waals surface area contributed by atoms with Crippen LogP contribution >= 0.6 is 0 Å². The highest BCUT2D eigenvalue weighted by Crippen LogP contribution is 2.64. The topological polar surface area (TPSA) is 12.5 Å². The monoisotopic (exact) mass is 789 g/mol. The van der Waals surface area contributed by atoms with E-state index >= 15 is 0 Å². The van der Waals surface area contributed by atoms with Crippen LogP contribution in [0.2, 0.25) is 0 Å². The van der Waals surface area contributed by atoms with Gasteiger partial charge < -0.3 is 9.64 Å². The maximum Gasteiger partial charge on any atom is 0.132 e. The number of para-hydroxylation sites is 2. The minimum Gasteiger partial charge on any atom is -0.457 e. The second-order valence-corrected chi connectivity index (χ2v) is 16.7. The van der Waals surface area contributed by atoms with E-state index in [9.17, 15) is 0 Å². The van der Waals surface area contributed by atoms with Gasteiger partial charge in [-0.25, -0.2) is 0 Å². The molecule has 62 heavy (non-hydrogen) atoms. The van der Waals surface area contributed by atoms with Crippen LogP contribution in [0.25, 0.3) is 33.0 Å².